The van der Waals surface area contributed by atoms with Gasteiger partial charge in [-0.05, 0) is 55.3 Å². The highest BCUT2D eigenvalue weighted by molar-refractivity contribution is 7.88. The summed E-state index contributed by atoms with van der Waals surface area (Å²) in [6.07, 6.45) is 3.03. The number of nitrogens with zero attached hydrogens (tertiary/aromatic N) is 1. The van der Waals surface area contributed by atoms with Crippen LogP contribution in [0.15, 0.2) is 53.1 Å². The maximum atomic E-state index is 12.2. The van der Waals surface area contributed by atoms with E-state index < -0.39 is 10.0 Å². The molecule has 33 heavy (non-hydrogen) atoms. The molecule has 0 saturated heterocycles. The van der Waals surface area contributed by atoms with Gasteiger partial charge in [0.1, 0.15) is 12.4 Å². The third kappa shape index (κ3) is 6.93. The van der Waals surface area contributed by atoms with Gasteiger partial charge in [-0.1, -0.05) is 23.4 Å². The predicted molar refractivity (Wildman–Crippen MR) is 124 cm³/mol. The molecule has 0 spiro atoms. The van der Waals surface area contributed by atoms with Crippen LogP contribution in [0.3, 0.4) is 0 Å². The Morgan fingerprint density at radius 3 is 2.48 bits per heavy atom. The van der Waals surface area contributed by atoms with Crippen molar-refractivity contribution in [3.05, 3.63) is 76.7 Å². The molecule has 0 fully saturated rings. The van der Waals surface area contributed by atoms with E-state index in [2.05, 4.69) is 10.5 Å². The Kier molecular flexibility index (Phi) is 7.52. The van der Waals surface area contributed by atoms with Gasteiger partial charge in [-0.3, -0.25) is 4.79 Å². The fourth-order valence-electron chi connectivity index (χ4n) is 3.04. The van der Waals surface area contributed by atoms with E-state index >= 15 is 0 Å². The Balaban J connectivity index is 1.61. The molecule has 0 aliphatic rings. The number of carbonyl (C=O) groups excluding carboxylic acids is 1. The van der Waals surface area contributed by atoms with E-state index in [9.17, 15) is 13.2 Å². The van der Waals surface area contributed by atoms with Gasteiger partial charge in [-0.15, -0.1) is 0 Å². The zero-order chi connectivity index (χ0) is 24.0. The van der Waals surface area contributed by atoms with Crippen LogP contribution >= 0.6 is 0 Å². The van der Waals surface area contributed by atoms with E-state index in [-0.39, 0.29) is 11.7 Å². The number of anilines is 1. The number of carbonyl (C=O) groups is 1. The van der Waals surface area contributed by atoms with E-state index in [1.165, 1.54) is 13.2 Å². The number of benzene rings is 2. The molecule has 9 nitrogen and oxygen atoms in total. The van der Waals surface area contributed by atoms with Gasteiger partial charge >= 0.3 is 0 Å². The summed E-state index contributed by atoms with van der Waals surface area (Å²) < 4.78 is 38.7. The Labute approximate surface area is 192 Å². The molecule has 10 heteroatoms. The average molecular weight is 472 g/mol. The zero-order valence-corrected chi connectivity index (χ0v) is 19.3. The maximum absolute atomic E-state index is 12.2. The third-order valence-electron chi connectivity index (χ3n) is 4.76. The van der Waals surface area contributed by atoms with Crippen LogP contribution in [0.25, 0.3) is 6.08 Å². The SMILES string of the molecule is COc1cc(/C=C/C(=O)Nc2ccc(CS(N)(=O)=O)cc2)ccc1OCc1c(C)noc1C. The number of aryl methyl sites for hydroxylation is 2. The Morgan fingerprint density at radius 2 is 1.88 bits per heavy atom. The molecule has 2 aromatic carbocycles. The van der Waals surface area contributed by atoms with Gasteiger partial charge in [0.25, 0.3) is 0 Å². The molecule has 0 unspecified atom stereocenters. The number of hydrogen-bond acceptors (Lipinski definition) is 7. The van der Waals surface area contributed by atoms with Crippen molar-refractivity contribution in [3.63, 3.8) is 0 Å². The van der Waals surface area contributed by atoms with E-state index in [1.807, 2.05) is 13.8 Å². The van der Waals surface area contributed by atoms with Crippen molar-refractivity contribution in [2.75, 3.05) is 12.4 Å². The van der Waals surface area contributed by atoms with E-state index in [0.717, 1.165) is 16.8 Å². The molecule has 174 valence electrons. The summed E-state index contributed by atoms with van der Waals surface area (Å²) in [5, 5.41) is 11.7. The van der Waals surface area contributed by atoms with Crippen molar-refractivity contribution in [1.29, 1.82) is 0 Å². The number of sulfonamides is 1. The summed E-state index contributed by atoms with van der Waals surface area (Å²) in [7, 11) is -2.07. The summed E-state index contributed by atoms with van der Waals surface area (Å²) in [4.78, 5) is 12.2. The van der Waals surface area contributed by atoms with Crippen molar-refractivity contribution < 1.29 is 27.2 Å². The smallest absolute Gasteiger partial charge is 0.248 e. The molecule has 0 atom stereocenters. The maximum Gasteiger partial charge on any atom is 0.248 e. The number of hydrogen-bond donors (Lipinski definition) is 2. The molecule has 0 bridgehead atoms. The number of primary sulfonamides is 1. The monoisotopic (exact) mass is 471 g/mol. The van der Waals surface area contributed by atoms with Gasteiger partial charge in [0, 0.05) is 11.8 Å². The summed E-state index contributed by atoms with van der Waals surface area (Å²) in [6, 6.07) is 11.7. The van der Waals surface area contributed by atoms with Crippen molar-refractivity contribution in [2.24, 2.45) is 5.14 Å². The van der Waals surface area contributed by atoms with Crippen molar-refractivity contribution >= 4 is 27.7 Å². The van der Waals surface area contributed by atoms with Crippen LogP contribution in [0.4, 0.5) is 5.69 Å². The minimum Gasteiger partial charge on any atom is -0.493 e. The van der Waals surface area contributed by atoms with Gasteiger partial charge < -0.3 is 19.3 Å². The number of amides is 1. The second-order valence-electron chi connectivity index (χ2n) is 7.33. The molecule has 0 aliphatic carbocycles. The minimum atomic E-state index is -3.61. The number of aromatic nitrogens is 1. The summed E-state index contributed by atoms with van der Waals surface area (Å²) in [5.41, 5.74) is 3.47. The molecule has 0 saturated carbocycles. The van der Waals surface area contributed by atoms with Gasteiger partial charge in [0.2, 0.25) is 15.9 Å². The first-order valence-corrected chi connectivity index (χ1v) is 11.7. The topological polar surface area (TPSA) is 134 Å². The molecule has 1 amide bonds. The molecule has 3 aromatic rings. The first-order chi connectivity index (χ1) is 15.6. The van der Waals surface area contributed by atoms with Crippen LogP contribution in [-0.4, -0.2) is 26.6 Å². The largest absolute Gasteiger partial charge is 0.493 e. The van der Waals surface area contributed by atoms with Crippen LogP contribution in [0.1, 0.15) is 28.1 Å². The molecule has 0 aliphatic heterocycles. The quantitative estimate of drug-likeness (QED) is 0.457. The van der Waals surface area contributed by atoms with E-state index in [1.54, 1.807) is 48.5 Å². The zero-order valence-electron chi connectivity index (χ0n) is 18.5. The first-order valence-electron chi connectivity index (χ1n) is 9.95. The van der Waals surface area contributed by atoms with Crippen LogP contribution in [0.2, 0.25) is 0 Å². The van der Waals surface area contributed by atoms with Gasteiger partial charge in [0.15, 0.2) is 11.5 Å². The lowest BCUT2D eigenvalue weighted by molar-refractivity contribution is -0.111. The van der Waals surface area contributed by atoms with E-state index in [4.69, 9.17) is 19.1 Å². The second-order valence-corrected chi connectivity index (χ2v) is 8.94. The standard InChI is InChI=1S/C23H25N3O6S/c1-15-20(16(2)32-26-15)13-31-21-10-6-17(12-22(21)30-3)7-11-23(27)25-19-8-4-18(5-9-19)14-33(24,28)29/h4-12H,13-14H2,1-3H3,(H,25,27)(H2,24,28,29)/b11-7+. The first kappa shape index (κ1) is 24.0. The lowest BCUT2D eigenvalue weighted by Gasteiger charge is -2.11. The van der Waals surface area contributed by atoms with Gasteiger partial charge in [-0.25, -0.2) is 13.6 Å². The minimum absolute atomic E-state index is 0.263. The molecular formula is C23H25N3O6S. The summed E-state index contributed by atoms with van der Waals surface area (Å²) >= 11 is 0. The predicted octanol–water partition coefficient (Wildman–Crippen LogP) is 3.32. The number of nitrogens with one attached hydrogen (secondary N) is 1. The lowest BCUT2D eigenvalue weighted by Crippen LogP contribution is -2.14. The molecule has 1 aromatic heterocycles. The summed E-state index contributed by atoms with van der Waals surface area (Å²) in [5.74, 6) is 1.18. The highest BCUT2D eigenvalue weighted by atomic mass is 32.2. The number of nitrogens with two attached hydrogens (primary N) is 1. The highest BCUT2D eigenvalue weighted by Crippen LogP contribution is 2.30. The van der Waals surface area contributed by atoms with Gasteiger partial charge in [-0.2, -0.15) is 0 Å². The number of rotatable bonds is 9. The number of methoxy groups -OCH3 is 1. The van der Waals surface area contributed by atoms with Crippen molar-refractivity contribution in [3.8, 4) is 11.5 Å². The van der Waals surface area contributed by atoms with Crippen LogP contribution in [0.5, 0.6) is 11.5 Å². The molecule has 1 heterocycles. The summed E-state index contributed by atoms with van der Waals surface area (Å²) in [6.45, 7) is 3.98. The highest BCUT2D eigenvalue weighted by Gasteiger charge is 2.12. The van der Waals surface area contributed by atoms with E-state index in [0.29, 0.717) is 35.1 Å². The lowest BCUT2D eigenvalue weighted by atomic mass is 10.1. The molecule has 3 N–H and O–H groups in total. The Hall–Kier alpha value is -3.63. The van der Waals surface area contributed by atoms with Crippen LogP contribution in [0, 0.1) is 13.8 Å². The number of ether oxygens (including phenoxy) is 2. The van der Waals surface area contributed by atoms with Gasteiger partial charge in [0.05, 0.1) is 24.1 Å². The average Bonchev–Trinajstić information content (AvgIpc) is 3.08. The molecule has 0 radical (unpaired) electrons. The van der Waals surface area contributed by atoms with Crippen molar-refractivity contribution in [2.45, 2.75) is 26.2 Å². The Bertz CT molecular complexity index is 1240. The van der Waals surface area contributed by atoms with Crippen LogP contribution < -0.4 is 19.9 Å². The molecular weight excluding hydrogens is 446 g/mol. The fraction of sp³-hybridized carbons (Fsp3) is 0.217. The third-order valence-corrected chi connectivity index (χ3v) is 5.49. The van der Waals surface area contributed by atoms with Crippen LogP contribution in [-0.2, 0) is 27.2 Å². The Morgan fingerprint density at radius 1 is 1.15 bits per heavy atom. The molecule has 3 rings (SSSR count). The fourth-order valence-corrected chi connectivity index (χ4v) is 3.69. The normalized spacial score (nSPS) is 11.5. The van der Waals surface area contributed by atoms with Crippen molar-refractivity contribution in [1.82, 2.24) is 5.16 Å². The second kappa shape index (κ2) is 10.3.